The van der Waals surface area contributed by atoms with E-state index in [9.17, 15) is 22.7 Å². The van der Waals surface area contributed by atoms with Crippen LogP contribution in [0, 0.1) is 6.92 Å². The highest BCUT2D eigenvalue weighted by atomic mass is 32.2. The van der Waals surface area contributed by atoms with Gasteiger partial charge in [0.1, 0.15) is 6.17 Å². The fraction of sp³-hybridized carbons (Fsp3) is 0.500. The normalized spacial score (nSPS) is 21.9. The number of carbonyl (C=O) groups is 1. The highest BCUT2D eigenvalue weighted by Crippen LogP contribution is 2.25. The van der Waals surface area contributed by atoms with Gasteiger partial charge in [-0.3, -0.25) is 9.52 Å². The minimum absolute atomic E-state index is 0.0627. The second kappa shape index (κ2) is 6.21. The van der Waals surface area contributed by atoms with Crippen molar-refractivity contribution in [2.75, 3.05) is 24.1 Å². The van der Waals surface area contributed by atoms with Gasteiger partial charge in [0.05, 0.1) is 31.1 Å². The van der Waals surface area contributed by atoms with E-state index in [0.29, 0.717) is 11.3 Å². The number of anilines is 1. The fourth-order valence-corrected chi connectivity index (χ4v) is 3.13. The maximum atomic E-state index is 13.5. The van der Waals surface area contributed by atoms with E-state index in [4.69, 9.17) is 0 Å². The second-order valence-electron chi connectivity index (χ2n) is 5.53. The molecule has 8 heteroatoms. The first-order valence-corrected chi connectivity index (χ1v) is 8.74. The van der Waals surface area contributed by atoms with Crippen molar-refractivity contribution in [3.8, 4) is 0 Å². The third-order valence-corrected chi connectivity index (χ3v) is 4.21. The predicted octanol–water partition coefficient (Wildman–Crippen LogP) is 0.911. The number of likely N-dealkylation sites (tertiary alicyclic amines) is 1. The summed E-state index contributed by atoms with van der Waals surface area (Å²) in [5.74, 6) is -0.421. The predicted molar refractivity (Wildman–Crippen MR) is 81.1 cm³/mol. The van der Waals surface area contributed by atoms with E-state index >= 15 is 0 Å². The Morgan fingerprint density at radius 2 is 2.18 bits per heavy atom. The largest absolute Gasteiger partial charge is 0.394 e. The smallest absolute Gasteiger partial charge is 0.254 e. The van der Waals surface area contributed by atoms with Gasteiger partial charge in [0.2, 0.25) is 10.0 Å². The van der Waals surface area contributed by atoms with Gasteiger partial charge in [0.15, 0.2) is 0 Å². The van der Waals surface area contributed by atoms with E-state index in [-0.39, 0.29) is 25.1 Å². The minimum Gasteiger partial charge on any atom is -0.394 e. The fourth-order valence-electron chi connectivity index (χ4n) is 2.51. The quantitative estimate of drug-likeness (QED) is 0.859. The Balaban J connectivity index is 2.29. The van der Waals surface area contributed by atoms with Gasteiger partial charge in [-0.05, 0) is 24.6 Å². The van der Waals surface area contributed by atoms with Crippen LogP contribution in [0.15, 0.2) is 18.2 Å². The molecule has 1 heterocycles. The van der Waals surface area contributed by atoms with Crippen molar-refractivity contribution in [1.29, 1.82) is 0 Å². The van der Waals surface area contributed by atoms with Crippen LogP contribution in [0.2, 0.25) is 0 Å². The number of carbonyl (C=O) groups excluding carboxylic acids is 1. The van der Waals surface area contributed by atoms with E-state index < -0.39 is 28.1 Å². The number of aryl methyl sites for hydroxylation is 1. The average Bonchev–Trinajstić information content (AvgIpc) is 2.80. The maximum absolute atomic E-state index is 13.5. The lowest BCUT2D eigenvalue weighted by Crippen LogP contribution is -2.37. The van der Waals surface area contributed by atoms with Gasteiger partial charge in [-0.15, -0.1) is 0 Å². The molecule has 0 aromatic heterocycles. The number of hydrogen-bond acceptors (Lipinski definition) is 4. The number of benzene rings is 1. The Hall–Kier alpha value is -1.67. The number of sulfonamides is 1. The van der Waals surface area contributed by atoms with Crippen molar-refractivity contribution in [3.63, 3.8) is 0 Å². The molecule has 1 aliphatic heterocycles. The van der Waals surface area contributed by atoms with Crippen LogP contribution >= 0.6 is 0 Å². The topological polar surface area (TPSA) is 86.7 Å². The van der Waals surface area contributed by atoms with Crippen LogP contribution in [0.5, 0.6) is 0 Å². The van der Waals surface area contributed by atoms with E-state index in [2.05, 4.69) is 4.72 Å². The summed E-state index contributed by atoms with van der Waals surface area (Å²) in [6.07, 6.45) is -0.0143. The molecular formula is C14H19FN2O4S. The van der Waals surface area contributed by atoms with Gasteiger partial charge >= 0.3 is 0 Å². The number of aliphatic hydroxyl groups excluding tert-OH is 1. The van der Waals surface area contributed by atoms with Crippen LogP contribution in [0.4, 0.5) is 10.1 Å². The summed E-state index contributed by atoms with van der Waals surface area (Å²) in [6.45, 7) is 1.35. The lowest BCUT2D eigenvalue weighted by atomic mass is 10.1. The number of alkyl halides is 1. The summed E-state index contributed by atoms with van der Waals surface area (Å²) >= 11 is 0. The number of aliphatic hydroxyl groups is 1. The van der Waals surface area contributed by atoms with Crippen molar-refractivity contribution in [2.45, 2.75) is 25.6 Å². The highest BCUT2D eigenvalue weighted by molar-refractivity contribution is 7.92. The number of hydrogen-bond donors (Lipinski definition) is 2. The van der Waals surface area contributed by atoms with Crippen molar-refractivity contribution < 1.29 is 22.7 Å². The van der Waals surface area contributed by atoms with E-state index in [1.165, 1.54) is 11.0 Å². The Morgan fingerprint density at radius 3 is 2.77 bits per heavy atom. The van der Waals surface area contributed by atoms with Gasteiger partial charge < -0.3 is 10.0 Å². The molecule has 2 atom stereocenters. The minimum atomic E-state index is -3.46. The molecular weight excluding hydrogens is 311 g/mol. The molecule has 1 fully saturated rings. The van der Waals surface area contributed by atoms with Gasteiger partial charge in [-0.1, -0.05) is 6.07 Å². The first-order chi connectivity index (χ1) is 10.2. The number of nitrogens with zero attached hydrogens (tertiary/aromatic N) is 1. The second-order valence-corrected chi connectivity index (χ2v) is 7.28. The Kier molecular flexibility index (Phi) is 4.72. The molecule has 1 aromatic carbocycles. The molecule has 0 radical (unpaired) electrons. The van der Waals surface area contributed by atoms with Crippen molar-refractivity contribution in [2.24, 2.45) is 0 Å². The van der Waals surface area contributed by atoms with Crippen molar-refractivity contribution in [3.05, 3.63) is 29.3 Å². The van der Waals surface area contributed by atoms with Gasteiger partial charge in [0, 0.05) is 12.0 Å². The summed E-state index contributed by atoms with van der Waals surface area (Å²) in [5.41, 5.74) is 1.24. The van der Waals surface area contributed by atoms with Gasteiger partial charge in [0.25, 0.3) is 5.91 Å². The van der Waals surface area contributed by atoms with E-state index in [1.54, 1.807) is 19.1 Å². The van der Waals surface area contributed by atoms with Crippen molar-refractivity contribution >= 4 is 21.6 Å². The zero-order chi connectivity index (χ0) is 16.5. The van der Waals surface area contributed by atoms with E-state index in [0.717, 1.165) is 6.26 Å². The molecule has 1 aliphatic rings. The number of amides is 1. The molecule has 1 aromatic rings. The van der Waals surface area contributed by atoms with Crippen molar-refractivity contribution in [1.82, 2.24) is 4.90 Å². The van der Waals surface area contributed by atoms with Crippen LogP contribution in [0.3, 0.4) is 0 Å². The Morgan fingerprint density at radius 1 is 1.50 bits per heavy atom. The van der Waals surface area contributed by atoms with Gasteiger partial charge in [-0.2, -0.15) is 0 Å². The molecule has 2 N–H and O–H groups in total. The van der Waals surface area contributed by atoms with Crippen LogP contribution < -0.4 is 4.72 Å². The van der Waals surface area contributed by atoms with Crippen LogP contribution in [0.1, 0.15) is 22.3 Å². The first-order valence-electron chi connectivity index (χ1n) is 6.85. The number of halogens is 1. The average molecular weight is 330 g/mol. The zero-order valence-electron chi connectivity index (χ0n) is 12.4. The molecule has 0 aliphatic carbocycles. The highest BCUT2D eigenvalue weighted by Gasteiger charge is 2.35. The maximum Gasteiger partial charge on any atom is 0.254 e. The van der Waals surface area contributed by atoms with Crippen LogP contribution in [-0.2, 0) is 10.0 Å². The lowest BCUT2D eigenvalue weighted by Gasteiger charge is -2.23. The third-order valence-electron chi connectivity index (χ3n) is 3.61. The van der Waals surface area contributed by atoms with Gasteiger partial charge in [-0.25, -0.2) is 12.8 Å². The molecule has 122 valence electrons. The van der Waals surface area contributed by atoms with Crippen LogP contribution in [-0.4, -0.2) is 56.0 Å². The SMILES string of the molecule is Cc1ccc(C(=O)N2C[C@@H](F)C[C@H]2CO)cc1NS(C)(=O)=O. The molecule has 2 rings (SSSR count). The molecule has 0 unspecified atom stereocenters. The molecule has 22 heavy (non-hydrogen) atoms. The summed E-state index contributed by atoms with van der Waals surface area (Å²) in [7, 11) is -3.46. The summed E-state index contributed by atoms with van der Waals surface area (Å²) in [4.78, 5) is 13.8. The monoisotopic (exact) mass is 330 g/mol. The van der Waals surface area contributed by atoms with Crippen LogP contribution in [0.25, 0.3) is 0 Å². The third kappa shape index (κ3) is 3.75. The zero-order valence-corrected chi connectivity index (χ0v) is 13.2. The number of nitrogens with one attached hydrogen (secondary N) is 1. The lowest BCUT2D eigenvalue weighted by molar-refractivity contribution is 0.0673. The molecule has 1 saturated heterocycles. The molecule has 0 bridgehead atoms. The van der Waals surface area contributed by atoms with E-state index in [1.807, 2.05) is 0 Å². The number of rotatable bonds is 4. The Bertz CT molecular complexity index is 677. The first kappa shape index (κ1) is 16.7. The standard InChI is InChI=1S/C14H19FN2O4S/c1-9-3-4-10(5-13(9)16-22(2,20)21)14(19)17-7-11(15)6-12(17)8-18/h3-5,11-12,16,18H,6-8H2,1-2H3/t11-,12-/m0/s1. The molecule has 1 amide bonds. The summed E-state index contributed by atoms with van der Waals surface area (Å²) in [5, 5.41) is 9.25. The summed E-state index contributed by atoms with van der Waals surface area (Å²) in [6, 6.07) is 4.07. The molecule has 0 spiro atoms. The molecule has 0 saturated carbocycles. The Labute approximate surface area is 129 Å². The summed E-state index contributed by atoms with van der Waals surface area (Å²) < 4.78 is 38.5. The molecule has 6 nitrogen and oxygen atoms in total.